The average molecular weight is 270 g/mol. The van der Waals surface area contributed by atoms with Crippen LogP contribution < -0.4 is 0 Å². The molecule has 0 unspecified atom stereocenters. The predicted molar refractivity (Wildman–Crippen MR) is 58.8 cm³/mol. The lowest BCUT2D eigenvalue weighted by atomic mass is 10.3. The summed E-state index contributed by atoms with van der Waals surface area (Å²) in [6.45, 7) is 2.79. The molecule has 0 amide bonds. The molecule has 15 heavy (non-hydrogen) atoms. The highest BCUT2D eigenvalue weighted by atomic mass is 79.9. The molecule has 78 valence electrons. The highest BCUT2D eigenvalue weighted by Crippen LogP contribution is 2.24. The number of aromatic nitrogens is 3. The van der Waals surface area contributed by atoms with Crippen molar-refractivity contribution in [2.24, 2.45) is 0 Å². The van der Waals surface area contributed by atoms with Gasteiger partial charge in [0.25, 0.3) is 0 Å². The van der Waals surface area contributed by atoms with Crippen molar-refractivity contribution in [2.75, 3.05) is 0 Å². The molecule has 0 aliphatic heterocycles. The third-order valence-corrected chi connectivity index (χ3v) is 2.59. The van der Waals surface area contributed by atoms with E-state index in [1.807, 2.05) is 13.1 Å². The minimum atomic E-state index is -0.343. The second-order valence-electron chi connectivity index (χ2n) is 3.04. The molecule has 0 saturated carbocycles. The Hall–Kier alpha value is -1.23. The lowest BCUT2D eigenvalue weighted by molar-refractivity contribution is 0.621. The summed E-state index contributed by atoms with van der Waals surface area (Å²) < 4.78 is 15.3. The van der Waals surface area contributed by atoms with Crippen LogP contribution in [0.15, 0.2) is 29.0 Å². The Balaban J connectivity index is 2.44. The van der Waals surface area contributed by atoms with Gasteiger partial charge in [0.05, 0.1) is 16.4 Å². The van der Waals surface area contributed by atoms with E-state index in [-0.39, 0.29) is 5.82 Å². The second-order valence-corrected chi connectivity index (χ2v) is 3.90. The molecule has 0 aliphatic rings. The summed E-state index contributed by atoms with van der Waals surface area (Å²) in [4.78, 5) is 3.98. The van der Waals surface area contributed by atoms with Crippen LogP contribution in [-0.4, -0.2) is 14.8 Å². The van der Waals surface area contributed by atoms with E-state index in [2.05, 4.69) is 26.0 Å². The zero-order valence-electron chi connectivity index (χ0n) is 8.11. The molecule has 0 aromatic carbocycles. The standard InChI is InChI=1S/C10H9BrFN3/c1-2-15-6-8(11)10(14-15)9-4-3-7(12)5-13-9/h3-6H,2H2,1H3. The van der Waals surface area contributed by atoms with Gasteiger partial charge in [-0.1, -0.05) is 0 Å². The molecule has 0 N–H and O–H groups in total. The number of rotatable bonds is 2. The Morgan fingerprint density at radius 3 is 2.80 bits per heavy atom. The molecule has 2 rings (SSSR count). The van der Waals surface area contributed by atoms with E-state index >= 15 is 0 Å². The van der Waals surface area contributed by atoms with Crippen LogP contribution >= 0.6 is 15.9 Å². The fraction of sp³-hybridized carbons (Fsp3) is 0.200. The van der Waals surface area contributed by atoms with Crippen LogP contribution in [0.5, 0.6) is 0 Å². The third-order valence-electron chi connectivity index (χ3n) is 2.01. The summed E-state index contributed by atoms with van der Waals surface area (Å²) >= 11 is 3.40. The van der Waals surface area contributed by atoms with Crippen LogP contribution in [0.1, 0.15) is 6.92 Å². The average Bonchev–Trinajstić information content (AvgIpc) is 2.61. The molecule has 2 heterocycles. The minimum absolute atomic E-state index is 0.343. The molecule has 0 fully saturated rings. The summed E-state index contributed by atoms with van der Waals surface area (Å²) in [7, 11) is 0. The van der Waals surface area contributed by atoms with Crippen LogP contribution in [0.3, 0.4) is 0 Å². The Bertz CT molecular complexity index is 464. The number of hydrogen-bond donors (Lipinski definition) is 0. The fourth-order valence-corrected chi connectivity index (χ4v) is 1.77. The maximum Gasteiger partial charge on any atom is 0.141 e. The number of halogens is 2. The Morgan fingerprint density at radius 2 is 2.27 bits per heavy atom. The summed E-state index contributed by atoms with van der Waals surface area (Å²) in [6, 6.07) is 2.99. The number of aryl methyl sites for hydroxylation is 1. The maximum atomic E-state index is 12.7. The highest BCUT2D eigenvalue weighted by Gasteiger charge is 2.09. The van der Waals surface area contributed by atoms with E-state index in [1.54, 1.807) is 10.7 Å². The molecular weight excluding hydrogens is 261 g/mol. The van der Waals surface area contributed by atoms with Gasteiger partial charge in [-0.15, -0.1) is 0 Å². The van der Waals surface area contributed by atoms with Gasteiger partial charge in [0.1, 0.15) is 11.5 Å². The molecule has 0 bridgehead atoms. The molecule has 0 atom stereocenters. The number of nitrogens with zero attached hydrogens (tertiary/aromatic N) is 3. The smallest absolute Gasteiger partial charge is 0.141 e. The van der Waals surface area contributed by atoms with Gasteiger partial charge in [0.15, 0.2) is 0 Å². The van der Waals surface area contributed by atoms with Crippen molar-refractivity contribution in [1.29, 1.82) is 0 Å². The van der Waals surface area contributed by atoms with E-state index in [9.17, 15) is 4.39 Å². The van der Waals surface area contributed by atoms with Crippen molar-refractivity contribution < 1.29 is 4.39 Å². The first-order valence-corrected chi connectivity index (χ1v) is 5.35. The van der Waals surface area contributed by atoms with E-state index in [1.165, 1.54) is 12.3 Å². The first kappa shape index (κ1) is 10.3. The fourth-order valence-electron chi connectivity index (χ4n) is 1.25. The van der Waals surface area contributed by atoms with Crippen molar-refractivity contribution in [2.45, 2.75) is 13.5 Å². The van der Waals surface area contributed by atoms with Gasteiger partial charge in [0.2, 0.25) is 0 Å². The summed E-state index contributed by atoms with van der Waals surface area (Å²) in [5.74, 6) is -0.343. The molecule has 5 heteroatoms. The third kappa shape index (κ3) is 2.07. The van der Waals surface area contributed by atoms with E-state index < -0.39 is 0 Å². The lowest BCUT2D eigenvalue weighted by Crippen LogP contribution is -1.94. The van der Waals surface area contributed by atoms with Gasteiger partial charge in [-0.25, -0.2) is 4.39 Å². The van der Waals surface area contributed by atoms with E-state index in [0.29, 0.717) is 5.69 Å². The minimum Gasteiger partial charge on any atom is -0.271 e. The number of hydrogen-bond acceptors (Lipinski definition) is 2. The zero-order chi connectivity index (χ0) is 10.8. The zero-order valence-corrected chi connectivity index (χ0v) is 9.70. The first-order valence-electron chi connectivity index (χ1n) is 4.55. The molecule has 0 radical (unpaired) electrons. The monoisotopic (exact) mass is 269 g/mol. The normalized spacial score (nSPS) is 10.6. The summed E-state index contributed by atoms with van der Waals surface area (Å²) in [6.07, 6.45) is 3.06. The SMILES string of the molecule is CCn1cc(Br)c(-c2ccc(F)cn2)n1. The molecule has 0 saturated heterocycles. The van der Waals surface area contributed by atoms with Gasteiger partial charge < -0.3 is 0 Å². The van der Waals surface area contributed by atoms with Crippen molar-refractivity contribution >= 4 is 15.9 Å². The molecule has 0 aliphatic carbocycles. The summed E-state index contributed by atoms with van der Waals surface area (Å²) in [5, 5.41) is 4.31. The largest absolute Gasteiger partial charge is 0.271 e. The molecule has 2 aromatic rings. The van der Waals surface area contributed by atoms with E-state index in [4.69, 9.17) is 0 Å². The second kappa shape index (κ2) is 4.10. The topological polar surface area (TPSA) is 30.7 Å². The molecular formula is C10H9BrFN3. The van der Waals surface area contributed by atoms with Crippen LogP contribution in [0, 0.1) is 5.82 Å². The lowest BCUT2D eigenvalue weighted by Gasteiger charge is -1.96. The summed E-state index contributed by atoms with van der Waals surface area (Å²) in [5.41, 5.74) is 1.40. The van der Waals surface area contributed by atoms with Crippen molar-refractivity contribution in [3.05, 3.63) is 34.8 Å². The molecule has 0 spiro atoms. The molecule has 2 aromatic heterocycles. The van der Waals surface area contributed by atoms with Gasteiger partial charge in [-0.05, 0) is 35.0 Å². The maximum absolute atomic E-state index is 12.7. The van der Waals surface area contributed by atoms with Crippen LogP contribution in [0.2, 0.25) is 0 Å². The van der Waals surface area contributed by atoms with Crippen molar-refractivity contribution in [3.63, 3.8) is 0 Å². The Kier molecular flexibility index (Phi) is 2.81. The Labute approximate surface area is 95.1 Å². The first-order chi connectivity index (χ1) is 7.20. The van der Waals surface area contributed by atoms with Crippen LogP contribution in [0.4, 0.5) is 4.39 Å². The van der Waals surface area contributed by atoms with E-state index in [0.717, 1.165) is 16.7 Å². The Morgan fingerprint density at radius 1 is 1.47 bits per heavy atom. The molecule has 3 nitrogen and oxygen atoms in total. The highest BCUT2D eigenvalue weighted by molar-refractivity contribution is 9.10. The quantitative estimate of drug-likeness (QED) is 0.840. The van der Waals surface area contributed by atoms with Gasteiger partial charge >= 0.3 is 0 Å². The van der Waals surface area contributed by atoms with Crippen LogP contribution in [0.25, 0.3) is 11.4 Å². The van der Waals surface area contributed by atoms with Crippen molar-refractivity contribution in [1.82, 2.24) is 14.8 Å². The number of pyridine rings is 1. The van der Waals surface area contributed by atoms with Gasteiger partial charge in [-0.2, -0.15) is 5.10 Å². The van der Waals surface area contributed by atoms with Gasteiger partial charge in [-0.3, -0.25) is 9.67 Å². The van der Waals surface area contributed by atoms with Crippen molar-refractivity contribution in [3.8, 4) is 11.4 Å². The van der Waals surface area contributed by atoms with Gasteiger partial charge in [0, 0.05) is 12.7 Å². The van der Waals surface area contributed by atoms with Crippen LogP contribution in [-0.2, 0) is 6.54 Å². The predicted octanol–water partition coefficient (Wildman–Crippen LogP) is 2.87.